The van der Waals surface area contributed by atoms with Crippen LogP contribution in [0.5, 0.6) is 0 Å². The molecule has 4 aliphatic rings. The van der Waals surface area contributed by atoms with Crippen LogP contribution in [0.4, 0.5) is 0 Å². The van der Waals surface area contributed by atoms with Crippen molar-refractivity contribution in [2.45, 2.75) is 110 Å². The van der Waals surface area contributed by atoms with E-state index in [4.69, 9.17) is 11.6 Å². The van der Waals surface area contributed by atoms with Crippen LogP contribution in [0, 0.1) is 16.7 Å². The van der Waals surface area contributed by atoms with E-state index in [2.05, 4.69) is 23.6 Å². The summed E-state index contributed by atoms with van der Waals surface area (Å²) in [5.41, 5.74) is 0.864. The number of hydrogen-bond acceptors (Lipinski definition) is 4. The van der Waals surface area contributed by atoms with Crippen molar-refractivity contribution in [3.05, 3.63) is 34.9 Å². The average molecular weight is 599 g/mol. The number of carbonyl (C=O) groups excluding carboxylic acids is 3. The molecule has 0 unspecified atom stereocenters. The summed E-state index contributed by atoms with van der Waals surface area (Å²) in [4.78, 5) is 50.4. The molecule has 1 aromatic carbocycles. The molecule has 42 heavy (non-hydrogen) atoms. The van der Waals surface area contributed by atoms with Gasteiger partial charge in [0.1, 0.15) is 6.04 Å². The summed E-state index contributed by atoms with van der Waals surface area (Å²) in [6.07, 6.45) is 6.93. The Kier molecular flexibility index (Phi) is 8.77. The molecule has 0 N–H and O–H groups in total. The SMILES string of the molecule is CN(C)C(=O)[C@@H]1C[C@H](N(C(=O)C(C)(C)C)C2CCC(C)(C)CC2)CN1C(=O)[C@@H]1CN(C2CC2)C[C@H]1c1ccc(Cl)cc1. The maximum Gasteiger partial charge on any atom is 0.244 e. The van der Waals surface area contributed by atoms with Crippen molar-refractivity contribution in [1.29, 1.82) is 0 Å². The number of halogens is 1. The van der Waals surface area contributed by atoms with Gasteiger partial charge < -0.3 is 14.7 Å². The molecule has 8 heteroatoms. The molecular weight excluding hydrogens is 548 g/mol. The first-order chi connectivity index (χ1) is 19.7. The van der Waals surface area contributed by atoms with Gasteiger partial charge in [-0.05, 0) is 68.1 Å². The molecule has 0 bridgehead atoms. The lowest BCUT2D eigenvalue weighted by atomic mass is 9.74. The molecule has 0 radical (unpaired) electrons. The second kappa shape index (κ2) is 11.8. The van der Waals surface area contributed by atoms with Gasteiger partial charge in [-0.25, -0.2) is 0 Å². The van der Waals surface area contributed by atoms with Crippen molar-refractivity contribution in [2.24, 2.45) is 16.7 Å². The third kappa shape index (κ3) is 6.52. The maximum absolute atomic E-state index is 14.6. The van der Waals surface area contributed by atoms with Gasteiger partial charge in [0.2, 0.25) is 17.7 Å². The summed E-state index contributed by atoms with van der Waals surface area (Å²) < 4.78 is 0. The van der Waals surface area contributed by atoms with Gasteiger partial charge in [-0.1, -0.05) is 58.4 Å². The molecule has 4 fully saturated rings. The van der Waals surface area contributed by atoms with E-state index >= 15 is 0 Å². The first-order valence-electron chi connectivity index (χ1n) is 16.0. The fraction of sp³-hybridized carbons (Fsp3) is 0.735. The normalized spacial score (nSPS) is 28.6. The van der Waals surface area contributed by atoms with Gasteiger partial charge in [0.15, 0.2) is 0 Å². The quantitative estimate of drug-likeness (QED) is 0.439. The third-order valence-electron chi connectivity index (χ3n) is 10.3. The monoisotopic (exact) mass is 598 g/mol. The Balaban J connectivity index is 1.45. The molecule has 5 rings (SSSR count). The van der Waals surface area contributed by atoms with Crippen LogP contribution in [-0.4, -0.2) is 95.2 Å². The van der Waals surface area contributed by atoms with Gasteiger partial charge in [-0.2, -0.15) is 0 Å². The predicted molar refractivity (Wildman–Crippen MR) is 167 cm³/mol. The highest BCUT2D eigenvalue weighted by Crippen LogP contribution is 2.43. The number of carbonyl (C=O) groups is 3. The molecule has 4 atom stereocenters. The molecule has 7 nitrogen and oxygen atoms in total. The molecule has 2 aliphatic carbocycles. The highest BCUT2D eigenvalue weighted by Gasteiger charge is 2.51. The molecule has 232 valence electrons. The third-order valence-corrected chi connectivity index (χ3v) is 10.5. The minimum absolute atomic E-state index is 0.0498. The Labute approximate surface area is 257 Å². The van der Waals surface area contributed by atoms with Gasteiger partial charge in [-0.3, -0.25) is 19.3 Å². The highest BCUT2D eigenvalue weighted by molar-refractivity contribution is 6.30. The zero-order valence-electron chi connectivity index (χ0n) is 26.7. The van der Waals surface area contributed by atoms with E-state index in [-0.39, 0.29) is 47.1 Å². The maximum atomic E-state index is 14.6. The Morgan fingerprint density at radius 2 is 1.52 bits per heavy atom. The summed E-state index contributed by atoms with van der Waals surface area (Å²) in [6.45, 7) is 12.5. The van der Waals surface area contributed by atoms with Crippen molar-refractivity contribution in [1.82, 2.24) is 19.6 Å². The lowest BCUT2D eigenvalue weighted by Crippen LogP contribution is -2.54. The summed E-state index contributed by atoms with van der Waals surface area (Å²) >= 11 is 6.22. The van der Waals surface area contributed by atoms with E-state index < -0.39 is 11.5 Å². The van der Waals surface area contributed by atoms with Crippen LogP contribution in [0.25, 0.3) is 0 Å². The van der Waals surface area contributed by atoms with E-state index in [0.717, 1.165) is 37.8 Å². The van der Waals surface area contributed by atoms with Crippen molar-refractivity contribution < 1.29 is 14.4 Å². The summed E-state index contributed by atoms with van der Waals surface area (Å²) in [5, 5.41) is 0.687. The summed E-state index contributed by atoms with van der Waals surface area (Å²) in [5.74, 6) is -0.0578. The second-order valence-electron chi connectivity index (χ2n) is 15.4. The zero-order valence-corrected chi connectivity index (χ0v) is 27.5. The number of amides is 3. The topological polar surface area (TPSA) is 64.2 Å². The molecule has 0 spiro atoms. The molecule has 2 saturated heterocycles. The van der Waals surface area contributed by atoms with Crippen LogP contribution < -0.4 is 0 Å². The summed E-state index contributed by atoms with van der Waals surface area (Å²) in [6, 6.07) is 7.87. The van der Waals surface area contributed by atoms with Crippen LogP contribution in [0.1, 0.15) is 91.0 Å². The van der Waals surface area contributed by atoms with Crippen LogP contribution in [-0.2, 0) is 14.4 Å². The van der Waals surface area contributed by atoms with Crippen molar-refractivity contribution in [3.8, 4) is 0 Å². The zero-order chi connectivity index (χ0) is 30.6. The molecule has 0 aromatic heterocycles. The molecule has 2 heterocycles. The standard InChI is InChI=1S/C34H51ClN4O3/c1-33(2,3)32(42)39(25-14-16-34(4,5)17-15-25)26-18-29(31(41)36(6)7)38(19-26)30(40)28-21-37(24-12-13-24)20-27(28)22-8-10-23(35)11-9-22/h8-11,24-29H,12-21H2,1-7H3/t26-,27-,28+,29-/m0/s1. The largest absolute Gasteiger partial charge is 0.347 e. The number of rotatable bonds is 6. The fourth-order valence-corrected chi connectivity index (χ4v) is 7.68. The van der Waals surface area contributed by atoms with Crippen LogP contribution in [0.3, 0.4) is 0 Å². The predicted octanol–water partition coefficient (Wildman–Crippen LogP) is 5.42. The number of likely N-dealkylation sites (N-methyl/N-ethyl adjacent to an activating group) is 1. The molecular formula is C34H51ClN4O3. The van der Waals surface area contributed by atoms with Crippen LogP contribution in [0.2, 0.25) is 5.02 Å². The Morgan fingerprint density at radius 1 is 0.905 bits per heavy atom. The second-order valence-corrected chi connectivity index (χ2v) is 15.9. The lowest BCUT2D eigenvalue weighted by Gasteiger charge is -2.45. The Morgan fingerprint density at radius 3 is 2.07 bits per heavy atom. The average Bonchev–Trinajstić information content (AvgIpc) is 3.53. The van der Waals surface area contributed by atoms with E-state index in [1.807, 2.05) is 49.9 Å². The number of likely N-dealkylation sites (tertiary alicyclic amines) is 2. The van der Waals surface area contributed by atoms with Crippen molar-refractivity contribution in [3.63, 3.8) is 0 Å². The van der Waals surface area contributed by atoms with E-state index in [1.54, 1.807) is 19.0 Å². The number of hydrogen-bond donors (Lipinski definition) is 0. The molecule has 1 aromatic rings. The highest BCUT2D eigenvalue weighted by atomic mass is 35.5. The lowest BCUT2D eigenvalue weighted by molar-refractivity contribution is -0.147. The molecule has 2 saturated carbocycles. The van der Waals surface area contributed by atoms with Gasteiger partial charge in [0.05, 0.1) is 12.0 Å². The van der Waals surface area contributed by atoms with Gasteiger partial charge in [-0.15, -0.1) is 0 Å². The fourth-order valence-electron chi connectivity index (χ4n) is 7.55. The van der Waals surface area contributed by atoms with Crippen molar-refractivity contribution in [2.75, 3.05) is 33.7 Å². The Bertz CT molecular complexity index is 1160. The molecule has 3 amide bonds. The van der Waals surface area contributed by atoms with E-state index in [9.17, 15) is 14.4 Å². The number of benzene rings is 1. The molecule has 2 aliphatic heterocycles. The van der Waals surface area contributed by atoms with Crippen LogP contribution >= 0.6 is 11.6 Å². The van der Waals surface area contributed by atoms with Gasteiger partial charge >= 0.3 is 0 Å². The first kappa shape index (κ1) is 31.3. The summed E-state index contributed by atoms with van der Waals surface area (Å²) in [7, 11) is 3.53. The Hall–Kier alpha value is -2.12. The van der Waals surface area contributed by atoms with Gasteiger partial charge in [0, 0.05) is 62.2 Å². The minimum atomic E-state index is -0.561. The number of nitrogens with zero attached hydrogens (tertiary/aromatic N) is 4. The van der Waals surface area contributed by atoms with Gasteiger partial charge in [0.25, 0.3) is 0 Å². The smallest absolute Gasteiger partial charge is 0.244 e. The van der Waals surface area contributed by atoms with Crippen LogP contribution in [0.15, 0.2) is 24.3 Å². The van der Waals surface area contributed by atoms with E-state index in [1.165, 1.54) is 12.8 Å². The first-order valence-corrected chi connectivity index (χ1v) is 16.4. The van der Waals surface area contributed by atoms with Crippen molar-refractivity contribution >= 4 is 29.3 Å². The minimum Gasteiger partial charge on any atom is -0.347 e. The van der Waals surface area contributed by atoms with E-state index in [0.29, 0.717) is 30.6 Å².